The molecule has 0 amide bonds. The van der Waals surface area contributed by atoms with Gasteiger partial charge in [0.05, 0.1) is 16.5 Å². The monoisotopic (exact) mass is 379 g/mol. The Hall–Kier alpha value is -2.45. The molecule has 6 nitrogen and oxygen atoms in total. The first-order chi connectivity index (χ1) is 12.3. The number of rotatable bonds is 5. The molecular weight excluding hydrogens is 361 g/mol. The predicted octanol–water partition coefficient (Wildman–Crippen LogP) is 2.37. The van der Waals surface area contributed by atoms with E-state index in [0.717, 1.165) is 6.07 Å². The summed E-state index contributed by atoms with van der Waals surface area (Å²) in [5.74, 6) is -1.09. The Bertz CT molecular complexity index is 958. The van der Waals surface area contributed by atoms with E-state index >= 15 is 0 Å². The van der Waals surface area contributed by atoms with Crippen molar-refractivity contribution in [1.29, 1.82) is 0 Å². The number of ether oxygens (including phenoxy) is 1. The van der Waals surface area contributed by atoms with Gasteiger partial charge in [-0.25, -0.2) is 22.3 Å². The van der Waals surface area contributed by atoms with E-state index in [1.807, 2.05) is 0 Å². The number of sulfonamides is 1. The predicted molar refractivity (Wildman–Crippen MR) is 92.5 cm³/mol. The summed E-state index contributed by atoms with van der Waals surface area (Å²) in [5.41, 5.74) is 1.000. The van der Waals surface area contributed by atoms with Gasteiger partial charge in [0.1, 0.15) is 18.2 Å². The Morgan fingerprint density at radius 2 is 2.08 bits per heavy atom. The van der Waals surface area contributed by atoms with Crippen LogP contribution in [0.5, 0.6) is 5.75 Å². The Morgan fingerprint density at radius 1 is 1.31 bits per heavy atom. The van der Waals surface area contributed by atoms with Crippen LogP contribution in [0.3, 0.4) is 0 Å². The quantitative estimate of drug-likeness (QED) is 0.832. The lowest BCUT2D eigenvalue weighted by Crippen LogP contribution is -2.43. The van der Waals surface area contributed by atoms with E-state index in [1.165, 1.54) is 30.3 Å². The van der Waals surface area contributed by atoms with E-state index in [1.54, 1.807) is 6.92 Å². The number of carboxylic acid groups (broad SMARTS) is 1. The van der Waals surface area contributed by atoms with E-state index in [9.17, 15) is 17.6 Å². The van der Waals surface area contributed by atoms with Crippen LogP contribution in [0.25, 0.3) is 0 Å². The van der Waals surface area contributed by atoms with Crippen molar-refractivity contribution in [3.8, 4) is 5.75 Å². The summed E-state index contributed by atoms with van der Waals surface area (Å²) < 4.78 is 47.0. The molecule has 0 aromatic heterocycles. The first-order valence-corrected chi connectivity index (χ1v) is 9.58. The molecule has 0 fully saturated rings. The van der Waals surface area contributed by atoms with Crippen LogP contribution in [0.15, 0.2) is 41.3 Å². The van der Waals surface area contributed by atoms with Gasteiger partial charge < -0.3 is 9.84 Å². The smallest absolute Gasteiger partial charge is 0.335 e. The molecule has 1 atom stereocenters. The molecule has 3 rings (SSSR count). The molecule has 1 aliphatic heterocycles. The van der Waals surface area contributed by atoms with Gasteiger partial charge in [-0.1, -0.05) is 13.0 Å². The second kappa shape index (κ2) is 7.05. The molecule has 1 aliphatic rings. The number of hydrogen-bond acceptors (Lipinski definition) is 4. The van der Waals surface area contributed by atoms with Crippen LogP contribution >= 0.6 is 0 Å². The Labute approximate surface area is 150 Å². The molecule has 2 N–H and O–H groups in total. The lowest BCUT2D eigenvalue weighted by molar-refractivity contribution is 0.0696. The molecule has 0 saturated heterocycles. The number of hydrogen-bond donors (Lipinski definition) is 2. The number of nitrogens with one attached hydrogen (secondary N) is 1. The van der Waals surface area contributed by atoms with Gasteiger partial charge in [0.2, 0.25) is 10.0 Å². The van der Waals surface area contributed by atoms with Crippen molar-refractivity contribution in [1.82, 2.24) is 4.72 Å². The highest BCUT2D eigenvalue weighted by Crippen LogP contribution is 2.26. The third-order valence-electron chi connectivity index (χ3n) is 4.24. The number of carboxylic acids is 1. The van der Waals surface area contributed by atoms with E-state index in [4.69, 9.17) is 9.84 Å². The number of aryl methyl sites for hydroxylation is 1. The molecule has 0 radical (unpaired) electrons. The van der Waals surface area contributed by atoms with Gasteiger partial charge in [-0.3, -0.25) is 0 Å². The third-order valence-corrected chi connectivity index (χ3v) is 5.84. The molecular formula is C18H18FNO5S. The lowest BCUT2D eigenvalue weighted by atomic mass is 10.0. The molecule has 8 heteroatoms. The van der Waals surface area contributed by atoms with Crippen molar-refractivity contribution >= 4 is 16.0 Å². The molecule has 1 heterocycles. The standard InChI is InChI=1S/C18H18FNO5S/c1-2-11-3-4-12(18(21)22)9-17(11)26(23,24)20-15-8-13-7-14(19)5-6-16(13)25-10-15/h3-7,9,15,20H,2,8,10H2,1H3,(H,21,22). The SMILES string of the molecule is CCc1ccc(C(=O)O)cc1S(=O)(=O)NC1COc2ccc(F)cc2C1. The molecule has 0 spiro atoms. The summed E-state index contributed by atoms with van der Waals surface area (Å²) in [6.45, 7) is 1.90. The number of halogens is 1. The normalized spacial score (nSPS) is 16.6. The Balaban J connectivity index is 1.88. The molecule has 0 bridgehead atoms. The summed E-state index contributed by atoms with van der Waals surface area (Å²) in [7, 11) is -3.96. The van der Waals surface area contributed by atoms with Crippen LogP contribution in [-0.4, -0.2) is 32.1 Å². The van der Waals surface area contributed by atoms with Gasteiger partial charge in [0.15, 0.2) is 0 Å². The lowest BCUT2D eigenvalue weighted by Gasteiger charge is -2.26. The van der Waals surface area contributed by atoms with Gasteiger partial charge in [-0.05, 0) is 54.3 Å². The molecule has 26 heavy (non-hydrogen) atoms. The molecule has 2 aromatic carbocycles. The minimum absolute atomic E-state index is 0.0649. The third kappa shape index (κ3) is 3.71. The fraction of sp³-hybridized carbons (Fsp3) is 0.278. The van der Waals surface area contributed by atoms with Crippen LogP contribution in [0, 0.1) is 5.82 Å². The summed E-state index contributed by atoms with van der Waals surface area (Å²) in [6, 6.07) is 7.57. The highest BCUT2D eigenvalue weighted by atomic mass is 32.2. The summed E-state index contributed by atoms with van der Waals surface area (Å²) in [6.07, 6.45) is 0.720. The fourth-order valence-corrected chi connectivity index (χ4v) is 4.51. The molecule has 138 valence electrons. The zero-order chi connectivity index (χ0) is 18.9. The van der Waals surface area contributed by atoms with E-state index < -0.39 is 27.9 Å². The number of aromatic carboxylic acids is 1. The van der Waals surface area contributed by atoms with E-state index in [2.05, 4.69) is 4.72 Å². The average molecular weight is 379 g/mol. The van der Waals surface area contributed by atoms with Gasteiger partial charge in [0.25, 0.3) is 0 Å². The second-order valence-electron chi connectivity index (χ2n) is 6.07. The summed E-state index contributed by atoms with van der Waals surface area (Å²) in [4.78, 5) is 11.1. The minimum atomic E-state index is -3.96. The van der Waals surface area contributed by atoms with E-state index in [0.29, 0.717) is 23.3 Å². The van der Waals surface area contributed by atoms with Crippen molar-refractivity contribution in [3.63, 3.8) is 0 Å². The number of carbonyl (C=O) groups is 1. The minimum Gasteiger partial charge on any atom is -0.492 e. The van der Waals surface area contributed by atoms with Crippen molar-refractivity contribution in [2.45, 2.75) is 30.7 Å². The van der Waals surface area contributed by atoms with Crippen LogP contribution in [-0.2, 0) is 22.9 Å². The zero-order valence-corrected chi connectivity index (χ0v) is 14.8. The second-order valence-corrected chi connectivity index (χ2v) is 7.75. The van der Waals surface area contributed by atoms with Gasteiger partial charge in [-0.15, -0.1) is 0 Å². The number of fused-ring (bicyclic) bond motifs is 1. The van der Waals surface area contributed by atoms with Crippen molar-refractivity contribution in [2.75, 3.05) is 6.61 Å². The summed E-state index contributed by atoms with van der Waals surface area (Å²) >= 11 is 0. The first kappa shape index (κ1) is 18.3. The van der Waals surface area contributed by atoms with Gasteiger partial charge in [0, 0.05) is 0 Å². The fourth-order valence-electron chi connectivity index (χ4n) is 2.95. The van der Waals surface area contributed by atoms with Crippen LogP contribution in [0.2, 0.25) is 0 Å². The Kier molecular flexibility index (Phi) is 4.97. The molecule has 0 aliphatic carbocycles. The summed E-state index contributed by atoms with van der Waals surface area (Å²) in [5, 5.41) is 9.12. The van der Waals surface area contributed by atoms with Gasteiger partial charge in [-0.2, -0.15) is 0 Å². The van der Waals surface area contributed by atoms with Crippen LogP contribution in [0.1, 0.15) is 28.4 Å². The average Bonchev–Trinajstić information content (AvgIpc) is 2.60. The highest BCUT2D eigenvalue weighted by molar-refractivity contribution is 7.89. The molecule has 2 aromatic rings. The maximum atomic E-state index is 13.4. The van der Waals surface area contributed by atoms with Crippen LogP contribution < -0.4 is 9.46 Å². The topological polar surface area (TPSA) is 92.7 Å². The maximum Gasteiger partial charge on any atom is 0.335 e. The zero-order valence-electron chi connectivity index (χ0n) is 14.0. The van der Waals surface area contributed by atoms with Crippen molar-refractivity contribution in [3.05, 3.63) is 58.9 Å². The van der Waals surface area contributed by atoms with Crippen molar-refractivity contribution < 1.29 is 27.4 Å². The largest absolute Gasteiger partial charge is 0.492 e. The van der Waals surface area contributed by atoms with Crippen molar-refractivity contribution in [2.24, 2.45) is 0 Å². The first-order valence-electron chi connectivity index (χ1n) is 8.10. The number of benzene rings is 2. The molecule has 0 saturated carbocycles. The maximum absolute atomic E-state index is 13.4. The molecule has 1 unspecified atom stereocenters. The van der Waals surface area contributed by atoms with Crippen LogP contribution in [0.4, 0.5) is 4.39 Å². The van der Waals surface area contributed by atoms with E-state index in [-0.39, 0.29) is 23.5 Å². The highest BCUT2D eigenvalue weighted by Gasteiger charge is 2.27. The Morgan fingerprint density at radius 3 is 2.77 bits per heavy atom. The van der Waals surface area contributed by atoms with Gasteiger partial charge >= 0.3 is 5.97 Å².